The van der Waals surface area contributed by atoms with Crippen molar-refractivity contribution in [2.45, 2.75) is 20.8 Å². The number of rotatable bonds is 4. The Morgan fingerprint density at radius 1 is 1.26 bits per heavy atom. The highest BCUT2D eigenvalue weighted by Gasteiger charge is 2.06. The Balaban J connectivity index is 1.91. The van der Waals surface area contributed by atoms with Gasteiger partial charge in [-0.2, -0.15) is 0 Å². The number of hydrogen-bond acceptors (Lipinski definition) is 4. The number of nitrogens with zero attached hydrogens (tertiary/aromatic N) is 1. The van der Waals surface area contributed by atoms with E-state index >= 15 is 0 Å². The molecule has 0 atom stereocenters. The molecule has 2 aromatic rings. The molecule has 2 N–H and O–H groups in total. The molecule has 5 nitrogen and oxygen atoms in total. The Labute approximate surface area is 112 Å². The maximum absolute atomic E-state index is 11.7. The van der Waals surface area contributed by atoms with E-state index in [1.165, 1.54) is 0 Å². The molecule has 1 amide bonds. The molecule has 1 heterocycles. The van der Waals surface area contributed by atoms with Gasteiger partial charge in [-0.25, -0.2) is 0 Å². The van der Waals surface area contributed by atoms with Crippen molar-refractivity contribution in [3.8, 4) is 0 Å². The molecule has 0 aliphatic carbocycles. The first-order valence-corrected chi connectivity index (χ1v) is 6.09. The Bertz CT molecular complexity index is 590. The lowest BCUT2D eigenvalue weighted by atomic mass is 10.1. The van der Waals surface area contributed by atoms with Gasteiger partial charge in [0.05, 0.1) is 6.54 Å². The van der Waals surface area contributed by atoms with Gasteiger partial charge in [-0.3, -0.25) is 4.79 Å². The maximum atomic E-state index is 11.7. The molecule has 0 fully saturated rings. The zero-order valence-corrected chi connectivity index (χ0v) is 11.3. The Hall–Kier alpha value is -2.30. The first kappa shape index (κ1) is 13.1. The summed E-state index contributed by atoms with van der Waals surface area (Å²) in [7, 11) is 0. The molecule has 0 bridgehead atoms. The Morgan fingerprint density at radius 3 is 2.74 bits per heavy atom. The fourth-order valence-corrected chi connectivity index (χ4v) is 1.71. The van der Waals surface area contributed by atoms with Crippen molar-refractivity contribution in [2.24, 2.45) is 0 Å². The molecule has 0 aliphatic rings. The summed E-state index contributed by atoms with van der Waals surface area (Å²) in [5, 5.41) is 9.48. The molecule has 0 aliphatic heterocycles. The lowest BCUT2D eigenvalue weighted by Crippen LogP contribution is -2.22. The van der Waals surface area contributed by atoms with Gasteiger partial charge in [0, 0.05) is 11.8 Å². The van der Waals surface area contributed by atoms with E-state index < -0.39 is 0 Å². The van der Waals surface area contributed by atoms with Crippen LogP contribution in [0.1, 0.15) is 16.9 Å². The molecule has 0 radical (unpaired) electrons. The quantitative estimate of drug-likeness (QED) is 0.885. The van der Waals surface area contributed by atoms with Gasteiger partial charge >= 0.3 is 0 Å². The molecular weight excluding hydrogens is 242 g/mol. The second kappa shape index (κ2) is 5.56. The predicted octanol–water partition coefficient (Wildman–Crippen LogP) is 2.65. The van der Waals surface area contributed by atoms with Crippen LogP contribution in [-0.4, -0.2) is 17.6 Å². The second-order valence-electron chi connectivity index (χ2n) is 4.54. The van der Waals surface area contributed by atoms with E-state index in [1.807, 2.05) is 32.0 Å². The van der Waals surface area contributed by atoms with Crippen LogP contribution in [-0.2, 0) is 4.79 Å². The van der Waals surface area contributed by atoms with Crippen molar-refractivity contribution in [2.75, 3.05) is 17.2 Å². The van der Waals surface area contributed by atoms with E-state index in [1.54, 1.807) is 13.0 Å². The van der Waals surface area contributed by atoms with Crippen LogP contribution >= 0.6 is 0 Å². The summed E-state index contributed by atoms with van der Waals surface area (Å²) in [4.78, 5) is 11.7. The minimum absolute atomic E-state index is 0.158. The number of carbonyl (C=O) groups excluding carboxylic acids is 1. The summed E-state index contributed by atoms with van der Waals surface area (Å²) in [5.41, 5.74) is 3.22. The number of amides is 1. The largest absolute Gasteiger partial charge is 0.376 e. The summed E-state index contributed by atoms with van der Waals surface area (Å²) < 4.78 is 4.88. The number of aromatic nitrogens is 1. The summed E-state index contributed by atoms with van der Waals surface area (Å²) >= 11 is 0. The smallest absolute Gasteiger partial charge is 0.244 e. The molecule has 0 saturated carbocycles. The maximum Gasteiger partial charge on any atom is 0.244 e. The van der Waals surface area contributed by atoms with Crippen LogP contribution in [0.4, 0.5) is 11.5 Å². The number of anilines is 2. The van der Waals surface area contributed by atoms with Gasteiger partial charge in [0.25, 0.3) is 0 Å². The monoisotopic (exact) mass is 259 g/mol. The molecule has 1 aromatic heterocycles. The van der Waals surface area contributed by atoms with Crippen molar-refractivity contribution in [1.82, 2.24) is 5.16 Å². The summed E-state index contributed by atoms with van der Waals surface area (Å²) in [6, 6.07) is 7.76. The van der Waals surface area contributed by atoms with E-state index in [0.717, 1.165) is 16.8 Å². The molecule has 1 aromatic carbocycles. The molecule has 0 unspecified atom stereocenters. The van der Waals surface area contributed by atoms with Crippen molar-refractivity contribution in [1.29, 1.82) is 0 Å². The van der Waals surface area contributed by atoms with Crippen LogP contribution in [0.25, 0.3) is 0 Å². The number of carbonyl (C=O) groups is 1. The van der Waals surface area contributed by atoms with E-state index in [4.69, 9.17) is 4.52 Å². The third-order valence-electron chi connectivity index (χ3n) is 2.73. The van der Waals surface area contributed by atoms with E-state index in [-0.39, 0.29) is 12.5 Å². The zero-order valence-electron chi connectivity index (χ0n) is 11.3. The highest BCUT2D eigenvalue weighted by atomic mass is 16.5. The van der Waals surface area contributed by atoms with E-state index in [2.05, 4.69) is 15.8 Å². The average molecular weight is 259 g/mol. The lowest BCUT2D eigenvalue weighted by Gasteiger charge is -2.09. The highest BCUT2D eigenvalue weighted by Crippen LogP contribution is 2.16. The van der Waals surface area contributed by atoms with Gasteiger partial charge in [0.15, 0.2) is 5.82 Å². The van der Waals surface area contributed by atoms with Crippen molar-refractivity contribution < 1.29 is 9.32 Å². The molecule has 0 spiro atoms. The molecule has 5 heteroatoms. The number of hydrogen-bond donors (Lipinski definition) is 2. The van der Waals surface area contributed by atoms with Crippen LogP contribution in [0.5, 0.6) is 0 Å². The lowest BCUT2D eigenvalue weighted by molar-refractivity contribution is -0.114. The molecule has 2 rings (SSSR count). The highest BCUT2D eigenvalue weighted by molar-refractivity contribution is 5.93. The Morgan fingerprint density at radius 2 is 2.05 bits per heavy atom. The number of aryl methyl sites for hydroxylation is 3. The van der Waals surface area contributed by atoms with Gasteiger partial charge in [-0.15, -0.1) is 0 Å². The van der Waals surface area contributed by atoms with Crippen molar-refractivity contribution in [3.05, 3.63) is 41.2 Å². The van der Waals surface area contributed by atoms with Gasteiger partial charge < -0.3 is 15.2 Å². The minimum Gasteiger partial charge on any atom is -0.376 e. The first-order chi connectivity index (χ1) is 9.04. The van der Waals surface area contributed by atoms with Crippen LogP contribution < -0.4 is 10.6 Å². The molecule has 19 heavy (non-hydrogen) atoms. The first-order valence-electron chi connectivity index (χ1n) is 6.09. The third-order valence-corrected chi connectivity index (χ3v) is 2.73. The van der Waals surface area contributed by atoms with Crippen molar-refractivity contribution >= 4 is 17.4 Å². The van der Waals surface area contributed by atoms with Crippen LogP contribution in [0.2, 0.25) is 0 Å². The standard InChI is InChI=1S/C14H17N3O2/c1-9-4-5-10(2)12(6-9)15-8-14(18)16-13-7-11(3)19-17-13/h4-7,15H,8H2,1-3H3,(H,16,17,18). The van der Waals surface area contributed by atoms with E-state index in [9.17, 15) is 4.79 Å². The summed E-state index contributed by atoms with van der Waals surface area (Å²) in [5.74, 6) is 0.942. The number of benzene rings is 1. The molecule has 0 saturated heterocycles. The van der Waals surface area contributed by atoms with Crippen LogP contribution in [0.3, 0.4) is 0 Å². The SMILES string of the molecule is Cc1ccc(C)c(NCC(=O)Nc2cc(C)on2)c1. The third kappa shape index (κ3) is 3.58. The number of nitrogens with one attached hydrogen (secondary N) is 2. The van der Waals surface area contributed by atoms with Crippen LogP contribution in [0.15, 0.2) is 28.8 Å². The summed E-state index contributed by atoms with van der Waals surface area (Å²) in [6.45, 7) is 5.98. The molecule has 100 valence electrons. The molecular formula is C14H17N3O2. The minimum atomic E-state index is -0.158. The van der Waals surface area contributed by atoms with Gasteiger partial charge in [0.2, 0.25) is 5.91 Å². The van der Waals surface area contributed by atoms with Gasteiger partial charge in [0.1, 0.15) is 5.76 Å². The average Bonchev–Trinajstić information content (AvgIpc) is 2.76. The Kier molecular flexibility index (Phi) is 3.85. The fourth-order valence-electron chi connectivity index (χ4n) is 1.71. The topological polar surface area (TPSA) is 67.2 Å². The summed E-state index contributed by atoms with van der Waals surface area (Å²) in [6.07, 6.45) is 0. The zero-order chi connectivity index (χ0) is 13.8. The van der Waals surface area contributed by atoms with E-state index in [0.29, 0.717) is 11.6 Å². The second-order valence-corrected chi connectivity index (χ2v) is 4.54. The predicted molar refractivity (Wildman–Crippen MR) is 74.3 cm³/mol. The van der Waals surface area contributed by atoms with Gasteiger partial charge in [-0.05, 0) is 38.0 Å². The van der Waals surface area contributed by atoms with Crippen molar-refractivity contribution in [3.63, 3.8) is 0 Å². The van der Waals surface area contributed by atoms with Gasteiger partial charge in [-0.1, -0.05) is 17.3 Å². The fraction of sp³-hybridized carbons (Fsp3) is 0.286. The normalized spacial score (nSPS) is 10.3. The van der Waals surface area contributed by atoms with Crippen LogP contribution in [0, 0.1) is 20.8 Å².